The lowest BCUT2D eigenvalue weighted by molar-refractivity contribution is 1.02. The van der Waals surface area contributed by atoms with Crippen LogP contribution in [0.1, 0.15) is 46.2 Å². The fourth-order valence-corrected chi connectivity index (χ4v) is 4.75. The van der Waals surface area contributed by atoms with Gasteiger partial charge in [-0.3, -0.25) is 0 Å². The van der Waals surface area contributed by atoms with Crippen LogP contribution in [0.2, 0.25) is 0 Å². The van der Waals surface area contributed by atoms with E-state index in [9.17, 15) is 0 Å². The summed E-state index contributed by atoms with van der Waals surface area (Å²) in [6, 6.07) is 26.0. The largest absolute Gasteiger partial charge is 0.0946 e. The summed E-state index contributed by atoms with van der Waals surface area (Å²) in [6.07, 6.45) is 2.28. The lowest BCUT2D eigenvalue weighted by Crippen LogP contribution is -1.97. The second kappa shape index (κ2) is 6.60. The summed E-state index contributed by atoms with van der Waals surface area (Å²) in [5.74, 6) is 0.528. The van der Waals surface area contributed by atoms with E-state index in [-0.39, 0.29) is 5.92 Å². The Bertz CT molecular complexity index is 1200. The molecule has 3 aromatic carbocycles. The molecule has 0 fully saturated rings. The zero-order chi connectivity index (χ0) is 20.1. The van der Waals surface area contributed by atoms with Gasteiger partial charge in [-0.15, -0.1) is 0 Å². The molecule has 0 amide bonds. The van der Waals surface area contributed by atoms with Crippen LogP contribution in [-0.2, 0) is 0 Å². The van der Waals surface area contributed by atoms with Gasteiger partial charge < -0.3 is 0 Å². The smallest absolute Gasteiger partial charge is 0.0346 e. The van der Waals surface area contributed by atoms with Gasteiger partial charge >= 0.3 is 0 Å². The summed E-state index contributed by atoms with van der Waals surface area (Å²) < 4.78 is 0. The predicted octanol–water partition coefficient (Wildman–Crippen LogP) is 7.61. The van der Waals surface area contributed by atoms with Gasteiger partial charge in [-0.25, -0.2) is 0 Å². The van der Waals surface area contributed by atoms with E-state index in [1.165, 1.54) is 44.5 Å². The molecule has 5 rings (SSSR count). The van der Waals surface area contributed by atoms with Gasteiger partial charge in [0.1, 0.15) is 0 Å². The van der Waals surface area contributed by atoms with Gasteiger partial charge in [0.05, 0.1) is 0 Å². The third-order valence-electron chi connectivity index (χ3n) is 6.48. The molecule has 0 saturated heterocycles. The van der Waals surface area contributed by atoms with E-state index in [0.717, 1.165) is 11.1 Å². The number of hydrogen-bond donors (Lipinski definition) is 0. The number of fused-ring (bicyclic) bond motifs is 2. The van der Waals surface area contributed by atoms with Crippen molar-refractivity contribution < 1.29 is 0 Å². The van der Waals surface area contributed by atoms with Crippen molar-refractivity contribution in [3.05, 3.63) is 131 Å². The quantitative estimate of drug-likeness (QED) is 0.434. The molecule has 0 heterocycles. The molecule has 0 spiro atoms. The summed E-state index contributed by atoms with van der Waals surface area (Å²) in [5, 5.41) is 0. The standard InChI is InChI=1S/C29H24/c1-18-19(2)24-15-14-22(16-27(24)20(18)3)17-28-21(4)29(23-10-6-5-7-11-23)26-13-9-8-12-25(26)28/h5-18,29H,2-4H2,1H3. The van der Waals surface area contributed by atoms with Gasteiger partial charge in [-0.2, -0.15) is 0 Å². The summed E-state index contributed by atoms with van der Waals surface area (Å²) >= 11 is 0. The molecule has 2 aliphatic carbocycles. The van der Waals surface area contributed by atoms with Crippen LogP contribution in [0.25, 0.3) is 22.8 Å². The highest BCUT2D eigenvalue weighted by Crippen LogP contribution is 2.49. The first-order valence-corrected chi connectivity index (χ1v) is 10.1. The molecule has 0 saturated carbocycles. The molecule has 2 atom stereocenters. The fraction of sp³-hybridized carbons (Fsp3) is 0.103. The van der Waals surface area contributed by atoms with Crippen LogP contribution in [0.3, 0.4) is 0 Å². The van der Waals surface area contributed by atoms with Crippen molar-refractivity contribution in [3.63, 3.8) is 0 Å². The van der Waals surface area contributed by atoms with Crippen molar-refractivity contribution >= 4 is 22.8 Å². The van der Waals surface area contributed by atoms with E-state index < -0.39 is 0 Å². The molecule has 0 N–H and O–H groups in total. The monoisotopic (exact) mass is 372 g/mol. The number of hydrogen-bond acceptors (Lipinski definition) is 0. The molecule has 0 radical (unpaired) electrons. The normalized spacial score (nSPS) is 21.6. The molecule has 0 heteroatoms. The average molecular weight is 373 g/mol. The van der Waals surface area contributed by atoms with Crippen LogP contribution in [0, 0.1) is 5.92 Å². The molecule has 0 bridgehead atoms. The lowest BCUT2D eigenvalue weighted by atomic mass is 9.90. The van der Waals surface area contributed by atoms with Crippen molar-refractivity contribution in [3.8, 4) is 0 Å². The van der Waals surface area contributed by atoms with Gasteiger partial charge in [0.2, 0.25) is 0 Å². The Labute approximate surface area is 173 Å². The molecular formula is C29H24. The average Bonchev–Trinajstić information content (AvgIpc) is 3.15. The molecule has 0 nitrogen and oxygen atoms in total. The number of rotatable bonds is 2. The van der Waals surface area contributed by atoms with Crippen LogP contribution in [0.4, 0.5) is 0 Å². The van der Waals surface area contributed by atoms with Crippen molar-refractivity contribution in [2.75, 3.05) is 0 Å². The lowest BCUT2D eigenvalue weighted by Gasteiger charge is -2.13. The first kappa shape index (κ1) is 17.7. The Kier molecular flexibility index (Phi) is 4.03. The summed E-state index contributed by atoms with van der Waals surface area (Å²) in [7, 11) is 0. The highest BCUT2D eigenvalue weighted by atomic mass is 14.3. The number of allylic oxidation sites excluding steroid dienone is 4. The zero-order valence-corrected chi connectivity index (χ0v) is 16.8. The summed E-state index contributed by atoms with van der Waals surface area (Å²) in [4.78, 5) is 0. The van der Waals surface area contributed by atoms with Crippen LogP contribution < -0.4 is 0 Å². The molecule has 29 heavy (non-hydrogen) atoms. The first-order valence-electron chi connectivity index (χ1n) is 10.1. The Hall–Kier alpha value is -3.38. The molecule has 140 valence electrons. The van der Waals surface area contributed by atoms with Gasteiger partial charge in [0.15, 0.2) is 0 Å². The molecule has 2 aliphatic rings. The molecule has 0 aliphatic heterocycles. The minimum atomic E-state index is 0.211. The van der Waals surface area contributed by atoms with Crippen LogP contribution in [-0.4, -0.2) is 0 Å². The Morgan fingerprint density at radius 3 is 2.17 bits per heavy atom. The van der Waals surface area contributed by atoms with Gasteiger partial charge in [-0.05, 0) is 67.8 Å². The van der Waals surface area contributed by atoms with Crippen molar-refractivity contribution in [2.45, 2.75) is 12.8 Å². The van der Waals surface area contributed by atoms with E-state index in [0.29, 0.717) is 5.92 Å². The van der Waals surface area contributed by atoms with E-state index in [4.69, 9.17) is 0 Å². The second-order valence-corrected chi connectivity index (χ2v) is 8.09. The van der Waals surface area contributed by atoms with Crippen molar-refractivity contribution in [1.29, 1.82) is 0 Å². The van der Waals surface area contributed by atoms with E-state index in [2.05, 4.69) is 106 Å². The Morgan fingerprint density at radius 1 is 0.690 bits per heavy atom. The van der Waals surface area contributed by atoms with E-state index in [1.54, 1.807) is 0 Å². The van der Waals surface area contributed by atoms with Gasteiger partial charge in [0.25, 0.3) is 0 Å². The minimum Gasteiger partial charge on any atom is -0.0946 e. The first-order chi connectivity index (χ1) is 14.1. The maximum absolute atomic E-state index is 4.52. The van der Waals surface area contributed by atoms with Gasteiger partial charge in [0, 0.05) is 11.8 Å². The molecule has 0 aromatic heterocycles. The van der Waals surface area contributed by atoms with Crippen LogP contribution in [0.15, 0.2) is 98.1 Å². The third kappa shape index (κ3) is 2.68. The maximum Gasteiger partial charge on any atom is 0.0346 e. The van der Waals surface area contributed by atoms with E-state index in [1.807, 2.05) is 0 Å². The molecule has 2 unspecified atom stereocenters. The zero-order valence-electron chi connectivity index (χ0n) is 16.8. The van der Waals surface area contributed by atoms with Gasteiger partial charge in [-0.1, -0.05) is 93.4 Å². The summed E-state index contributed by atoms with van der Waals surface area (Å²) in [5.41, 5.74) is 12.3. The summed E-state index contributed by atoms with van der Waals surface area (Å²) in [6.45, 7) is 15.3. The molecule has 3 aromatic rings. The number of benzene rings is 3. The highest BCUT2D eigenvalue weighted by molar-refractivity contribution is 5.99. The molecular weight excluding hydrogens is 348 g/mol. The van der Waals surface area contributed by atoms with Crippen molar-refractivity contribution in [2.24, 2.45) is 5.92 Å². The van der Waals surface area contributed by atoms with Crippen LogP contribution >= 0.6 is 0 Å². The van der Waals surface area contributed by atoms with Crippen molar-refractivity contribution in [1.82, 2.24) is 0 Å². The highest BCUT2D eigenvalue weighted by Gasteiger charge is 2.31. The Balaban J connectivity index is 1.62. The topological polar surface area (TPSA) is 0 Å². The second-order valence-electron chi connectivity index (χ2n) is 8.09. The van der Waals surface area contributed by atoms with E-state index >= 15 is 0 Å². The third-order valence-corrected chi connectivity index (χ3v) is 6.48. The minimum absolute atomic E-state index is 0.211. The SMILES string of the molecule is C=C1c2ccc(C=C3C(=C)C(c4ccccc4)c4ccccc43)cc2C(=C)C1C. The fourth-order valence-electron chi connectivity index (χ4n) is 4.75. The Morgan fingerprint density at radius 2 is 1.38 bits per heavy atom. The predicted molar refractivity (Wildman–Crippen MR) is 125 cm³/mol. The van der Waals surface area contributed by atoms with Crippen LogP contribution in [0.5, 0.6) is 0 Å². The maximum atomic E-state index is 4.52.